The highest BCUT2D eigenvalue weighted by molar-refractivity contribution is 6.33. The van der Waals surface area contributed by atoms with Gasteiger partial charge in [-0.05, 0) is 50.6 Å². The van der Waals surface area contributed by atoms with E-state index in [0.717, 1.165) is 33.8 Å². The lowest BCUT2D eigenvalue weighted by Crippen LogP contribution is -2.00. The first kappa shape index (κ1) is 22.0. The minimum Gasteiger partial charge on any atom is -0.494 e. The van der Waals surface area contributed by atoms with E-state index >= 15 is 0 Å². The lowest BCUT2D eigenvalue weighted by Gasteiger charge is -2.08. The van der Waals surface area contributed by atoms with Crippen LogP contribution in [0.1, 0.15) is 18.2 Å². The van der Waals surface area contributed by atoms with Crippen molar-refractivity contribution in [2.45, 2.75) is 20.8 Å². The van der Waals surface area contributed by atoms with E-state index in [9.17, 15) is 0 Å². The van der Waals surface area contributed by atoms with E-state index in [4.69, 9.17) is 26.2 Å². The van der Waals surface area contributed by atoms with Crippen molar-refractivity contribution < 1.29 is 9.53 Å². The summed E-state index contributed by atoms with van der Waals surface area (Å²) in [5.41, 5.74) is 9.34. The molecule has 0 fully saturated rings. The number of H-pyrrole nitrogens is 1. The summed E-state index contributed by atoms with van der Waals surface area (Å²) in [6.45, 7) is 6.47. The Bertz CT molecular complexity index is 1170. The molecular formula is C21H22ClN7O2. The summed E-state index contributed by atoms with van der Waals surface area (Å²) >= 11 is 6.56. The summed E-state index contributed by atoms with van der Waals surface area (Å²) in [5.74, 6) is 1.34. The first-order valence-electron chi connectivity index (χ1n) is 9.45. The summed E-state index contributed by atoms with van der Waals surface area (Å²) < 4.78 is 7.36. The van der Waals surface area contributed by atoms with Gasteiger partial charge in [-0.2, -0.15) is 10.2 Å². The van der Waals surface area contributed by atoms with Crippen LogP contribution < -0.4 is 10.5 Å². The van der Waals surface area contributed by atoms with Gasteiger partial charge in [-0.15, -0.1) is 0 Å². The number of rotatable bonds is 5. The van der Waals surface area contributed by atoms with E-state index in [1.165, 1.54) is 6.33 Å². The Balaban J connectivity index is 0.000000858. The maximum Gasteiger partial charge on any atom is 0.204 e. The molecule has 3 N–H and O–H groups in total. The van der Waals surface area contributed by atoms with Crippen molar-refractivity contribution >= 4 is 18.0 Å². The SMILES string of the molecule is CCOc1ccc(-c2nn(-c3cc(C)ncc3C)cc2-c2ncn[nH]2)c(Cl)c1.NC=O. The number of aryl methyl sites for hydroxylation is 2. The smallest absolute Gasteiger partial charge is 0.204 e. The summed E-state index contributed by atoms with van der Waals surface area (Å²) in [7, 11) is 0. The van der Waals surface area contributed by atoms with Gasteiger partial charge in [0, 0.05) is 23.7 Å². The molecule has 3 heterocycles. The van der Waals surface area contributed by atoms with Gasteiger partial charge in [0.2, 0.25) is 6.41 Å². The molecule has 4 aromatic rings. The second kappa shape index (κ2) is 9.86. The molecule has 160 valence electrons. The third-order valence-electron chi connectivity index (χ3n) is 4.35. The van der Waals surface area contributed by atoms with Crippen LogP contribution in [0.15, 0.2) is 43.0 Å². The number of nitrogens with one attached hydrogen (secondary N) is 1. The molecule has 4 rings (SSSR count). The fourth-order valence-electron chi connectivity index (χ4n) is 3.01. The predicted octanol–water partition coefficient (Wildman–Crippen LogP) is 3.49. The minimum atomic E-state index is 0.250. The second-order valence-electron chi connectivity index (χ2n) is 6.49. The third kappa shape index (κ3) is 4.89. The highest BCUT2D eigenvalue weighted by Gasteiger charge is 2.19. The molecule has 0 radical (unpaired) electrons. The summed E-state index contributed by atoms with van der Waals surface area (Å²) in [6, 6.07) is 7.59. The van der Waals surface area contributed by atoms with Gasteiger partial charge in [0.05, 0.1) is 22.9 Å². The van der Waals surface area contributed by atoms with Crippen LogP contribution in [-0.2, 0) is 4.79 Å². The molecule has 9 nitrogen and oxygen atoms in total. The Morgan fingerprint density at radius 3 is 2.65 bits per heavy atom. The quantitative estimate of drug-likeness (QED) is 0.458. The number of hydrogen-bond acceptors (Lipinski definition) is 6. The van der Waals surface area contributed by atoms with Crippen LogP contribution in [0.25, 0.3) is 28.3 Å². The number of aromatic nitrogens is 6. The second-order valence-corrected chi connectivity index (χ2v) is 6.90. The number of aromatic amines is 1. The number of primary amides is 1. The van der Waals surface area contributed by atoms with Crippen LogP contribution in [0.3, 0.4) is 0 Å². The number of ether oxygens (including phenoxy) is 1. The number of nitrogens with two attached hydrogens (primary N) is 1. The number of nitrogens with zero attached hydrogens (tertiary/aromatic N) is 5. The molecule has 0 atom stereocenters. The lowest BCUT2D eigenvalue weighted by atomic mass is 10.1. The molecule has 1 aromatic carbocycles. The number of pyridine rings is 1. The Morgan fingerprint density at radius 1 is 1.23 bits per heavy atom. The molecule has 3 aromatic heterocycles. The molecule has 10 heteroatoms. The topological polar surface area (TPSA) is 125 Å². The Hall–Kier alpha value is -3.72. The molecule has 0 saturated carbocycles. The van der Waals surface area contributed by atoms with Crippen LogP contribution in [0, 0.1) is 13.8 Å². The standard InChI is InChI=1S/C20H19ClN6O.CH3NO/c1-4-28-14-5-6-15(17(21)8-14)19-16(20-23-11-24-25-20)10-27(26-19)18-7-13(3)22-9-12(18)2;2-1-3/h5-11H,4H2,1-3H3,(H,23,24,25);1H,(H2,2,3). The fraction of sp³-hybridized carbons (Fsp3) is 0.190. The van der Waals surface area contributed by atoms with Gasteiger partial charge < -0.3 is 10.5 Å². The first-order valence-corrected chi connectivity index (χ1v) is 9.83. The van der Waals surface area contributed by atoms with Crippen molar-refractivity contribution in [1.82, 2.24) is 29.9 Å². The number of benzene rings is 1. The number of halogens is 1. The van der Waals surface area contributed by atoms with E-state index < -0.39 is 0 Å². The van der Waals surface area contributed by atoms with Crippen LogP contribution in [0.2, 0.25) is 5.02 Å². The zero-order valence-corrected chi connectivity index (χ0v) is 18.1. The lowest BCUT2D eigenvalue weighted by molar-refractivity contribution is -0.106. The maximum absolute atomic E-state index is 8.58. The fourth-order valence-corrected chi connectivity index (χ4v) is 3.27. The van der Waals surface area contributed by atoms with Gasteiger partial charge in [-0.3, -0.25) is 14.9 Å². The molecule has 0 aliphatic heterocycles. The van der Waals surface area contributed by atoms with Crippen molar-refractivity contribution in [3.63, 3.8) is 0 Å². The molecule has 31 heavy (non-hydrogen) atoms. The molecule has 0 saturated heterocycles. The molecule has 0 aliphatic rings. The van der Waals surface area contributed by atoms with Crippen molar-refractivity contribution in [2.75, 3.05) is 6.61 Å². The Labute approximate surface area is 184 Å². The maximum atomic E-state index is 8.58. The Kier molecular flexibility index (Phi) is 6.99. The van der Waals surface area contributed by atoms with Crippen molar-refractivity contribution in [3.05, 3.63) is 59.3 Å². The van der Waals surface area contributed by atoms with E-state index in [-0.39, 0.29) is 6.41 Å². The predicted molar refractivity (Wildman–Crippen MR) is 118 cm³/mol. The highest BCUT2D eigenvalue weighted by atomic mass is 35.5. The van der Waals surface area contributed by atoms with E-state index in [1.54, 1.807) is 6.07 Å². The largest absolute Gasteiger partial charge is 0.494 e. The number of carbonyl (C=O) groups excluding carboxylic acids is 1. The molecular weight excluding hydrogens is 418 g/mol. The van der Waals surface area contributed by atoms with E-state index in [0.29, 0.717) is 23.1 Å². The van der Waals surface area contributed by atoms with Crippen molar-refractivity contribution in [3.8, 4) is 34.1 Å². The Morgan fingerprint density at radius 2 is 2.00 bits per heavy atom. The first-order chi connectivity index (χ1) is 15.0. The monoisotopic (exact) mass is 439 g/mol. The summed E-state index contributed by atoms with van der Waals surface area (Å²) in [4.78, 5) is 17.2. The molecule has 0 unspecified atom stereocenters. The molecule has 0 aliphatic carbocycles. The van der Waals surface area contributed by atoms with Gasteiger partial charge in [0.15, 0.2) is 5.82 Å². The number of hydrogen-bond donors (Lipinski definition) is 2. The van der Waals surface area contributed by atoms with Gasteiger partial charge in [-0.25, -0.2) is 9.67 Å². The van der Waals surface area contributed by atoms with Crippen molar-refractivity contribution in [1.29, 1.82) is 0 Å². The normalized spacial score (nSPS) is 10.3. The van der Waals surface area contributed by atoms with Crippen LogP contribution in [0.5, 0.6) is 5.75 Å². The van der Waals surface area contributed by atoms with Gasteiger partial charge >= 0.3 is 0 Å². The molecule has 0 bridgehead atoms. The van der Waals surface area contributed by atoms with Gasteiger partial charge in [-0.1, -0.05) is 11.6 Å². The zero-order valence-electron chi connectivity index (χ0n) is 17.3. The van der Waals surface area contributed by atoms with Gasteiger partial charge in [0.25, 0.3) is 0 Å². The third-order valence-corrected chi connectivity index (χ3v) is 4.66. The van der Waals surface area contributed by atoms with Crippen LogP contribution in [-0.4, -0.2) is 43.0 Å². The highest BCUT2D eigenvalue weighted by Crippen LogP contribution is 2.36. The van der Waals surface area contributed by atoms with E-state index in [2.05, 4.69) is 25.9 Å². The summed E-state index contributed by atoms with van der Waals surface area (Å²) in [6.07, 6.45) is 5.48. The van der Waals surface area contributed by atoms with Crippen molar-refractivity contribution in [2.24, 2.45) is 5.73 Å². The molecule has 0 spiro atoms. The minimum absolute atomic E-state index is 0.250. The average Bonchev–Trinajstić information content (AvgIpc) is 3.41. The number of carbonyl (C=O) groups is 1. The van der Waals surface area contributed by atoms with Crippen LogP contribution >= 0.6 is 11.6 Å². The number of amides is 1. The zero-order chi connectivity index (χ0) is 22.4. The molecule has 1 amide bonds. The summed E-state index contributed by atoms with van der Waals surface area (Å²) in [5, 5.41) is 12.3. The van der Waals surface area contributed by atoms with Crippen LogP contribution in [0.4, 0.5) is 0 Å². The van der Waals surface area contributed by atoms with Gasteiger partial charge in [0.1, 0.15) is 17.8 Å². The average molecular weight is 440 g/mol. The van der Waals surface area contributed by atoms with E-state index in [1.807, 2.05) is 56.0 Å².